The summed E-state index contributed by atoms with van der Waals surface area (Å²) in [5, 5.41) is 5.61. The summed E-state index contributed by atoms with van der Waals surface area (Å²) in [5.41, 5.74) is -0.341. The number of rotatable bonds is 6. The molecule has 2 N–H and O–H groups in total. The molecule has 2 rings (SSSR count). The number of hydrogen-bond donors (Lipinski definition) is 2. The van der Waals surface area contributed by atoms with Crippen molar-refractivity contribution in [1.29, 1.82) is 0 Å². The molecule has 1 aliphatic rings. The van der Waals surface area contributed by atoms with E-state index >= 15 is 0 Å². The van der Waals surface area contributed by atoms with Gasteiger partial charge in [-0.25, -0.2) is 0 Å². The van der Waals surface area contributed by atoms with E-state index in [1.54, 1.807) is 0 Å². The SMILES string of the molecule is O=C(NC1CCCCN1)c1cc(OCC(F)(F)F)ccc1OCC(F)(F)F. The quantitative estimate of drug-likeness (QED) is 0.719. The van der Waals surface area contributed by atoms with Crippen LogP contribution in [0.2, 0.25) is 0 Å². The highest BCUT2D eigenvalue weighted by Crippen LogP contribution is 2.28. The summed E-state index contributed by atoms with van der Waals surface area (Å²) in [5.74, 6) is -1.49. The molecule has 1 fully saturated rings. The Balaban J connectivity index is 2.17. The Bertz CT molecular complexity index is 642. The van der Waals surface area contributed by atoms with Crippen LogP contribution < -0.4 is 20.1 Å². The third kappa shape index (κ3) is 7.53. The van der Waals surface area contributed by atoms with E-state index in [4.69, 9.17) is 0 Å². The van der Waals surface area contributed by atoms with Gasteiger partial charge in [0.1, 0.15) is 11.5 Å². The number of hydrogen-bond acceptors (Lipinski definition) is 4. The van der Waals surface area contributed by atoms with E-state index in [0.717, 1.165) is 31.0 Å². The Labute approximate surface area is 151 Å². The molecule has 1 unspecified atom stereocenters. The van der Waals surface area contributed by atoms with E-state index in [1.165, 1.54) is 0 Å². The van der Waals surface area contributed by atoms with Crippen LogP contribution in [0.3, 0.4) is 0 Å². The van der Waals surface area contributed by atoms with Gasteiger partial charge in [-0.2, -0.15) is 26.3 Å². The Morgan fingerprint density at radius 3 is 2.33 bits per heavy atom. The van der Waals surface area contributed by atoms with Gasteiger partial charge in [-0.3, -0.25) is 10.1 Å². The number of carbonyl (C=O) groups excluding carboxylic acids is 1. The van der Waals surface area contributed by atoms with Crippen LogP contribution in [-0.2, 0) is 0 Å². The topological polar surface area (TPSA) is 59.6 Å². The predicted octanol–water partition coefficient (Wildman–Crippen LogP) is 3.40. The molecule has 1 aliphatic heterocycles. The van der Waals surface area contributed by atoms with Crippen molar-refractivity contribution < 1.29 is 40.6 Å². The molecule has 1 aromatic rings. The first-order chi connectivity index (χ1) is 12.5. The first-order valence-corrected chi connectivity index (χ1v) is 8.11. The molecule has 1 aromatic carbocycles. The fraction of sp³-hybridized carbons (Fsp3) is 0.562. The molecule has 0 aliphatic carbocycles. The second kappa shape index (κ2) is 8.68. The van der Waals surface area contributed by atoms with E-state index in [9.17, 15) is 31.1 Å². The summed E-state index contributed by atoms with van der Waals surface area (Å²) < 4.78 is 83.2. The summed E-state index contributed by atoms with van der Waals surface area (Å²) in [7, 11) is 0. The molecule has 1 saturated heterocycles. The molecule has 0 bridgehead atoms. The zero-order valence-corrected chi connectivity index (χ0v) is 14.0. The molecule has 152 valence electrons. The van der Waals surface area contributed by atoms with Gasteiger partial charge in [0.05, 0.1) is 11.7 Å². The zero-order chi connectivity index (χ0) is 20.1. The standard InChI is InChI=1S/C16H18F6N2O3/c17-15(18,19)8-26-10-4-5-12(27-9-16(20,21)22)11(7-10)14(25)24-13-3-1-2-6-23-13/h4-5,7,13,23H,1-3,6,8-9H2,(H,24,25). The smallest absolute Gasteiger partial charge is 0.422 e. The van der Waals surface area contributed by atoms with Gasteiger partial charge >= 0.3 is 12.4 Å². The summed E-state index contributed by atoms with van der Waals surface area (Å²) in [6.07, 6.45) is -7.22. The van der Waals surface area contributed by atoms with E-state index in [0.29, 0.717) is 13.0 Å². The van der Waals surface area contributed by atoms with Crippen molar-refractivity contribution in [2.45, 2.75) is 37.8 Å². The third-order valence-electron chi connectivity index (χ3n) is 3.61. The highest BCUT2D eigenvalue weighted by Gasteiger charge is 2.31. The fourth-order valence-electron chi connectivity index (χ4n) is 2.44. The van der Waals surface area contributed by atoms with Crippen LogP contribution in [0.4, 0.5) is 26.3 Å². The van der Waals surface area contributed by atoms with Gasteiger partial charge in [0.25, 0.3) is 5.91 Å². The monoisotopic (exact) mass is 400 g/mol. The van der Waals surface area contributed by atoms with Gasteiger partial charge in [0.2, 0.25) is 0 Å². The lowest BCUT2D eigenvalue weighted by Gasteiger charge is -2.25. The highest BCUT2D eigenvalue weighted by molar-refractivity contribution is 5.97. The molecule has 1 heterocycles. The maximum atomic E-state index is 12.4. The first kappa shape index (κ1) is 21.1. The second-order valence-corrected chi connectivity index (χ2v) is 5.94. The number of piperidine rings is 1. The Morgan fingerprint density at radius 1 is 1.07 bits per heavy atom. The van der Waals surface area contributed by atoms with Gasteiger partial charge < -0.3 is 14.8 Å². The van der Waals surface area contributed by atoms with E-state index in [1.807, 2.05) is 0 Å². The maximum absolute atomic E-state index is 12.4. The molecule has 1 atom stereocenters. The zero-order valence-electron chi connectivity index (χ0n) is 14.0. The lowest BCUT2D eigenvalue weighted by molar-refractivity contribution is -0.154. The Hall–Kier alpha value is -2.17. The van der Waals surface area contributed by atoms with Gasteiger partial charge in [-0.15, -0.1) is 0 Å². The van der Waals surface area contributed by atoms with Crippen LogP contribution >= 0.6 is 0 Å². The van der Waals surface area contributed by atoms with Gasteiger partial charge in [0, 0.05) is 0 Å². The predicted molar refractivity (Wildman–Crippen MR) is 82.6 cm³/mol. The van der Waals surface area contributed by atoms with Crippen LogP contribution in [-0.4, -0.2) is 44.2 Å². The average Bonchev–Trinajstić information content (AvgIpc) is 2.58. The van der Waals surface area contributed by atoms with Crippen molar-refractivity contribution in [2.24, 2.45) is 0 Å². The van der Waals surface area contributed by atoms with Crippen molar-refractivity contribution in [2.75, 3.05) is 19.8 Å². The number of alkyl halides is 6. The fourth-order valence-corrected chi connectivity index (χ4v) is 2.44. The molecule has 5 nitrogen and oxygen atoms in total. The molecular formula is C16H18F6N2O3. The second-order valence-electron chi connectivity index (χ2n) is 5.94. The summed E-state index contributed by atoms with van der Waals surface area (Å²) >= 11 is 0. The number of amides is 1. The largest absolute Gasteiger partial charge is 0.484 e. The number of ether oxygens (including phenoxy) is 2. The normalized spacial score (nSPS) is 18.1. The molecule has 0 spiro atoms. The summed E-state index contributed by atoms with van der Waals surface area (Å²) in [4.78, 5) is 12.4. The van der Waals surface area contributed by atoms with Crippen LogP contribution in [0.25, 0.3) is 0 Å². The van der Waals surface area contributed by atoms with Crippen molar-refractivity contribution in [3.63, 3.8) is 0 Å². The molecular weight excluding hydrogens is 382 g/mol. The van der Waals surface area contributed by atoms with E-state index in [-0.39, 0.29) is 17.5 Å². The number of benzene rings is 1. The van der Waals surface area contributed by atoms with E-state index < -0.39 is 37.2 Å². The lowest BCUT2D eigenvalue weighted by atomic mass is 10.1. The highest BCUT2D eigenvalue weighted by atomic mass is 19.4. The minimum absolute atomic E-state index is 0.312. The van der Waals surface area contributed by atoms with Crippen LogP contribution in [0.15, 0.2) is 18.2 Å². The molecule has 0 aromatic heterocycles. The number of halogens is 6. The molecule has 1 amide bonds. The minimum atomic E-state index is -4.63. The van der Waals surface area contributed by atoms with Crippen molar-refractivity contribution in [3.8, 4) is 11.5 Å². The first-order valence-electron chi connectivity index (χ1n) is 8.11. The maximum Gasteiger partial charge on any atom is 0.422 e. The number of carbonyl (C=O) groups is 1. The van der Waals surface area contributed by atoms with Crippen LogP contribution in [0.1, 0.15) is 29.6 Å². The minimum Gasteiger partial charge on any atom is -0.484 e. The third-order valence-corrected chi connectivity index (χ3v) is 3.61. The molecule has 0 saturated carbocycles. The summed E-state index contributed by atoms with van der Waals surface area (Å²) in [6, 6.07) is 2.91. The van der Waals surface area contributed by atoms with Crippen LogP contribution in [0.5, 0.6) is 11.5 Å². The van der Waals surface area contributed by atoms with Crippen molar-refractivity contribution in [1.82, 2.24) is 10.6 Å². The average molecular weight is 400 g/mol. The molecule has 11 heteroatoms. The van der Waals surface area contributed by atoms with Gasteiger partial charge in [-0.05, 0) is 44.0 Å². The van der Waals surface area contributed by atoms with Gasteiger partial charge in [-0.1, -0.05) is 0 Å². The van der Waals surface area contributed by atoms with E-state index in [2.05, 4.69) is 20.1 Å². The number of nitrogens with one attached hydrogen (secondary N) is 2. The van der Waals surface area contributed by atoms with Gasteiger partial charge in [0.15, 0.2) is 13.2 Å². The van der Waals surface area contributed by atoms with Crippen LogP contribution in [0, 0.1) is 0 Å². The Morgan fingerprint density at radius 2 is 1.74 bits per heavy atom. The van der Waals surface area contributed by atoms with Crippen molar-refractivity contribution in [3.05, 3.63) is 23.8 Å². The van der Waals surface area contributed by atoms with Crippen molar-refractivity contribution >= 4 is 5.91 Å². The Kier molecular flexibility index (Phi) is 6.79. The molecule has 0 radical (unpaired) electrons. The lowest BCUT2D eigenvalue weighted by Crippen LogP contribution is -2.47. The molecule has 27 heavy (non-hydrogen) atoms. The summed E-state index contributed by atoms with van der Waals surface area (Å²) in [6.45, 7) is -2.57.